The van der Waals surface area contributed by atoms with Crippen LogP contribution < -0.4 is 15.6 Å². The van der Waals surface area contributed by atoms with Crippen molar-refractivity contribution in [1.82, 2.24) is 9.88 Å². The van der Waals surface area contributed by atoms with Crippen molar-refractivity contribution in [3.63, 3.8) is 0 Å². The number of nitrogens with one attached hydrogen (secondary N) is 1. The van der Waals surface area contributed by atoms with Gasteiger partial charge in [0.15, 0.2) is 0 Å². The molecular formula is C24H32N2O5. The monoisotopic (exact) mass is 428 g/mol. The highest BCUT2D eigenvalue weighted by Crippen LogP contribution is 2.42. The van der Waals surface area contributed by atoms with Gasteiger partial charge in [-0.15, -0.1) is 0 Å². The molecule has 1 aromatic heterocycles. The van der Waals surface area contributed by atoms with Crippen molar-refractivity contribution in [2.75, 3.05) is 6.61 Å². The predicted molar refractivity (Wildman–Crippen MR) is 120 cm³/mol. The number of amides is 1. The Morgan fingerprint density at radius 2 is 2.03 bits per heavy atom. The Morgan fingerprint density at radius 1 is 1.32 bits per heavy atom. The molecule has 1 aromatic carbocycles. The number of benzene rings is 1. The number of carboxylic acid groups (broad SMARTS) is 1. The van der Waals surface area contributed by atoms with Crippen LogP contribution >= 0.6 is 0 Å². The lowest BCUT2D eigenvalue weighted by Gasteiger charge is -2.34. The van der Waals surface area contributed by atoms with Crippen molar-refractivity contribution in [3.05, 3.63) is 39.8 Å². The van der Waals surface area contributed by atoms with Gasteiger partial charge in [0.25, 0.3) is 5.56 Å². The first-order chi connectivity index (χ1) is 14.7. The Bertz CT molecular complexity index is 1030. The Labute approximate surface area is 182 Å². The largest absolute Gasteiger partial charge is 0.491 e. The number of hydrogen-bond donors (Lipinski definition) is 2. The minimum Gasteiger partial charge on any atom is -0.491 e. The van der Waals surface area contributed by atoms with E-state index < -0.39 is 17.6 Å². The first-order valence-corrected chi connectivity index (χ1v) is 10.9. The molecule has 7 nitrogen and oxygen atoms in total. The molecule has 2 N–H and O–H groups in total. The number of carbonyl (C=O) groups is 2. The van der Waals surface area contributed by atoms with E-state index in [2.05, 4.69) is 12.2 Å². The topological polar surface area (TPSA) is 97.6 Å². The number of pyridine rings is 1. The van der Waals surface area contributed by atoms with E-state index in [0.717, 1.165) is 32.0 Å². The van der Waals surface area contributed by atoms with E-state index in [1.54, 1.807) is 22.8 Å². The molecule has 0 radical (unpaired) electrons. The van der Waals surface area contributed by atoms with Crippen molar-refractivity contribution in [1.29, 1.82) is 0 Å². The second-order valence-electron chi connectivity index (χ2n) is 9.45. The van der Waals surface area contributed by atoms with Gasteiger partial charge in [-0.25, -0.2) is 4.79 Å². The lowest BCUT2D eigenvalue weighted by atomic mass is 9.83. The molecule has 0 saturated heterocycles. The molecule has 7 heteroatoms. The normalized spacial score (nSPS) is 15.0. The highest BCUT2D eigenvalue weighted by molar-refractivity contribution is 5.93. The van der Waals surface area contributed by atoms with Crippen LogP contribution in [-0.2, 0) is 6.54 Å². The molecule has 168 valence electrons. The van der Waals surface area contributed by atoms with Crippen LogP contribution in [-0.4, -0.2) is 28.7 Å². The first-order valence-electron chi connectivity index (χ1n) is 10.9. The van der Waals surface area contributed by atoms with E-state index in [1.165, 1.54) is 0 Å². The maximum absolute atomic E-state index is 13.6. The minimum absolute atomic E-state index is 0.182. The van der Waals surface area contributed by atoms with E-state index in [0.29, 0.717) is 46.8 Å². The highest BCUT2D eigenvalue weighted by Gasteiger charge is 2.36. The van der Waals surface area contributed by atoms with Crippen LogP contribution in [0.25, 0.3) is 10.8 Å². The summed E-state index contributed by atoms with van der Waals surface area (Å²) in [4.78, 5) is 36.7. The Kier molecular flexibility index (Phi) is 6.72. The maximum Gasteiger partial charge on any atom is 0.405 e. The van der Waals surface area contributed by atoms with Crippen LogP contribution in [0.1, 0.15) is 75.5 Å². The summed E-state index contributed by atoms with van der Waals surface area (Å²) in [5.41, 5.74) is 0.281. The molecule has 1 heterocycles. The number of nitrogens with zero attached hydrogens (tertiary/aromatic N) is 1. The average molecular weight is 429 g/mol. The molecule has 1 unspecified atom stereocenters. The molecule has 1 amide bonds. The van der Waals surface area contributed by atoms with Crippen molar-refractivity contribution in [2.24, 2.45) is 11.3 Å². The molecule has 1 atom stereocenters. The van der Waals surface area contributed by atoms with E-state index in [1.807, 2.05) is 20.8 Å². The van der Waals surface area contributed by atoms with Gasteiger partial charge in [-0.05, 0) is 42.7 Å². The van der Waals surface area contributed by atoms with Gasteiger partial charge in [0.1, 0.15) is 12.0 Å². The zero-order chi connectivity index (χ0) is 22.8. The second kappa shape index (κ2) is 9.12. The molecule has 1 saturated carbocycles. The zero-order valence-electron chi connectivity index (χ0n) is 18.7. The van der Waals surface area contributed by atoms with Crippen LogP contribution in [0.2, 0.25) is 0 Å². The number of unbranched alkanes of at least 4 members (excludes halogenated alkanes) is 1. The van der Waals surface area contributed by atoms with Gasteiger partial charge in [0, 0.05) is 17.5 Å². The van der Waals surface area contributed by atoms with Gasteiger partial charge in [-0.2, -0.15) is 0 Å². The maximum atomic E-state index is 13.6. The minimum atomic E-state index is -1.16. The molecule has 0 spiro atoms. The van der Waals surface area contributed by atoms with Gasteiger partial charge >= 0.3 is 6.09 Å². The van der Waals surface area contributed by atoms with E-state index in [-0.39, 0.29) is 5.56 Å². The molecule has 0 aliphatic heterocycles. The molecular weight excluding hydrogens is 396 g/mol. The average Bonchev–Trinajstić information content (AvgIpc) is 3.52. The van der Waals surface area contributed by atoms with Crippen molar-refractivity contribution in [2.45, 2.75) is 66.0 Å². The number of aldehydes is 1. The van der Waals surface area contributed by atoms with Gasteiger partial charge in [-0.1, -0.05) is 40.2 Å². The van der Waals surface area contributed by atoms with Gasteiger partial charge in [0.2, 0.25) is 0 Å². The number of aromatic nitrogens is 1. The number of rotatable bonds is 9. The summed E-state index contributed by atoms with van der Waals surface area (Å²) in [6.07, 6.45) is 3.43. The summed E-state index contributed by atoms with van der Waals surface area (Å²) in [5.74, 6) is 0.887. The fourth-order valence-electron chi connectivity index (χ4n) is 3.84. The van der Waals surface area contributed by atoms with Crippen molar-refractivity contribution >= 4 is 23.2 Å². The number of hydrogen-bond acceptors (Lipinski definition) is 4. The Morgan fingerprint density at radius 3 is 2.58 bits per heavy atom. The molecule has 31 heavy (non-hydrogen) atoms. The fourth-order valence-corrected chi connectivity index (χ4v) is 3.84. The predicted octanol–water partition coefficient (Wildman–Crippen LogP) is 4.76. The van der Waals surface area contributed by atoms with Crippen LogP contribution in [0.3, 0.4) is 0 Å². The molecule has 0 bridgehead atoms. The third-order valence-electron chi connectivity index (χ3n) is 5.71. The number of fused-ring (bicyclic) bond motifs is 1. The van der Waals surface area contributed by atoms with Crippen molar-refractivity contribution in [3.8, 4) is 5.75 Å². The molecule has 1 aliphatic carbocycles. The zero-order valence-corrected chi connectivity index (χ0v) is 18.7. The van der Waals surface area contributed by atoms with Crippen LogP contribution in [0.4, 0.5) is 4.79 Å². The third-order valence-corrected chi connectivity index (χ3v) is 5.71. The SMILES string of the molecule is CCCCOc1c(C(NC(=O)O)C(C)(C)C)n(CC2CC2)c(=O)c2ccc(C=O)cc12. The Hall–Kier alpha value is -2.83. The lowest BCUT2D eigenvalue weighted by Crippen LogP contribution is -2.40. The summed E-state index contributed by atoms with van der Waals surface area (Å²) in [7, 11) is 0. The molecule has 1 aliphatic rings. The molecule has 2 aromatic rings. The van der Waals surface area contributed by atoms with Gasteiger partial charge in [0.05, 0.1) is 23.7 Å². The van der Waals surface area contributed by atoms with Crippen LogP contribution in [0.5, 0.6) is 5.75 Å². The third kappa shape index (κ3) is 5.09. The van der Waals surface area contributed by atoms with Crippen molar-refractivity contribution < 1.29 is 19.4 Å². The van der Waals surface area contributed by atoms with E-state index in [9.17, 15) is 19.5 Å². The Balaban J connectivity index is 2.37. The lowest BCUT2D eigenvalue weighted by molar-refractivity contribution is 0.112. The quantitative estimate of drug-likeness (QED) is 0.443. The first kappa shape index (κ1) is 22.8. The highest BCUT2D eigenvalue weighted by atomic mass is 16.5. The van der Waals surface area contributed by atoms with Crippen LogP contribution in [0.15, 0.2) is 23.0 Å². The van der Waals surface area contributed by atoms with Crippen LogP contribution in [0, 0.1) is 11.3 Å². The number of carbonyl (C=O) groups excluding carboxylic acids is 1. The summed E-state index contributed by atoms with van der Waals surface area (Å²) < 4.78 is 7.94. The second-order valence-corrected chi connectivity index (χ2v) is 9.45. The molecule has 1 fully saturated rings. The van der Waals surface area contributed by atoms with Gasteiger partial charge < -0.3 is 19.7 Å². The fraction of sp³-hybridized carbons (Fsp3) is 0.542. The molecule has 3 rings (SSSR count). The summed E-state index contributed by atoms with van der Waals surface area (Å²) >= 11 is 0. The standard InChI is InChI=1S/C24H32N2O5/c1-5-6-11-31-20-18-12-16(14-27)9-10-17(18)22(28)26(13-15-7-8-15)19(20)21(24(2,3)4)25-23(29)30/h9-10,12,14-15,21,25H,5-8,11,13H2,1-4H3,(H,29,30). The van der Waals surface area contributed by atoms with E-state index in [4.69, 9.17) is 4.74 Å². The summed E-state index contributed by atoms with van der Waals surface area (Å²) in [6.45, 7) is 8.82. The summed E-state index contributed by atoms with van der Waals surface area (Å²) in [5, 5.41) is 13.2. The number of ether oxygens (including phenoxy) is 1. The summed E-state index contributed by atoms with van der Waals surface area (Å²) in [6, 6.07) is 4.29. The van der Waals surface area contributed by atoms with E-state index >= 15 is 0 Å². The smallest absolute Gasteiger partial charge is 0.405 e. The van der Waals surface area contributed by atoms with Gasteiger partial charge in [-0.3, -0.25) is 9.59 Å².